The molecule has 1 aliphatic carbocycles. The minimum atomic E-state index is 0.233. The zero-order chi connectivity index (χ0) is 22.9. The van der Waals surface area contributed by atoms with Gasteiger partial charge in [0.1, 0.15) is 30.2 Å². The number of hydrogen-bond donors (Lipinski definition) is 0. The standard InChI is InChI=1S/C26H33N7O/c1-18(2)33-25(27-17-28-33)21-16-31-12-13-34-22-14-19(6-7-20(22)24(31)29-21)32-11-5-8-26(32)15-23(26)30-9-3-4-10-30/h6-7,14,16-18,23H,3-5,8-13,15H2,1-2H3. The van der Waals surface area contributed by atoms with Crippen molar-refractivity contribution in [1.82, 2.24) is 29.2 Å². The summed E-state index contributed by atoms with van der Waals surface area (Å²) in [7, 11) is 0. The van der Waals surface area contributed by atoms with Crippen LogP contribution in [0, 0.1) is 0 Å². The SMILES string of the molecule is CC(C)n1ncnc1-c1cn2c(n1)-c1ccc(N3CCCC34CC4N3CCCC3)cc1OCC2. The van der Waals surface area contributed by atoms with E-state index in [1.165, 1.54) is 50.9 Å². The first kappa shape index (κ1) is 20.5. The van der Waals surface area contributed by atoms with Crippen LogP contribution in [0.15, 0.2) is 30.7 Å². The summed E-state index contributed by atoms with van der Waals surface area (Å²) in [5.74, 6) is 2.71. The molecule has 0 bridgehead atoms. The maximum absolute atomic E-state index is 6.27. The van der Waals surface area contributed by atoms with Crippen LogP contribution in [-0.4, -0.2) is 67.0 Å². The van der Waals surface area contributed by atoms with Crippen LogP contribution < -0.4 is 9.64 Å². The number of likely N-dealkylation sites (tertiary alicyclic amines) is 1. The number of hydrogen-bond acceptors (Lipinski definition) is 6. The van der Waals surface area contributed by atoms with Gasteiger partial charge in [0.15, 0.2) is 5.82 Å². The van der Waals surface area contributed by atoms with Gasteiger partial charge in [0, 0.05) is 36.6 Å². The fourth-order valence-corrected chi connectivity index (χ4v) is 6.60. The Morgan fingerprint density at radius 1 is 1.06 bits per heavy atom. The highest BCUT2D eigenvalue weighted by Crippen LogP contribution is 2.55. The van der Waals surface area contributed by atoms with Crippen LogP contribution in [0.25, 0.3) is 22.9 Å². The van der Waals surface area contributed by atoms with Crippen molar-refractivity contribution < 1.29 is 4.74 Å². The highest BCUT2D eigenvalue weighted by atomic mass is 16.5. The normalized spacial score (nSPS) is 26.1. The maximum atomic E-state index is 6.27. The molecule has 5 heterocycles. The van der Waals surface area contributed by atoms with E-state index in [-0.39, 0.29) is 6.04 Å². The predicted molar refractivity (Wildman–Crippen MR) is 131 cm³/mol. The van der Waals surface area contributed by atoms with Crippen molar-refractivity contribution in [3.8, 4) is 28.7 Å². The molecule has 3 aromatic rings. The van der Waals surface area contributed by atoms with Gasteiger partial charge < -0.3 is 14.2 Å². The Morgan fingerprint density at radius 2 is 1.94 bits per heavy atom. The van der Waals surface area contributed by atoms with Crippen LogP contribution in [0.3, 0.4) is 0 Å². The number of rotatable bonds is 4. The molecule has 0 N–H and O–H groups in total. The summed E-state index contributed by atoms with van der Waals surface area (Å²) in [6.07, 6.45) is 10.3. The molecule has 1 saturated carbocycles. The van der Waals surface area contributed by atoms with Gasteiger partial charge in [-0.05, 0) is 71.2 Å². The lowest BCUT2D eigenvalue weighted by atomic mass is 10.1. The number of benzene rings is 1. The predicted octanol–water partition coefficient (Wildman–Crippen LogP) is 3.99. The van der Waals surface area contributed by atoms with E-state index >= 15 is 0 Å². The van der Waals surface area contributed by atoms with E-state index in [0.29, 0.717) is 12.1 Å². The molecule has 2 aromatic heterocycles. The molecule has 178 valence electrons. The number of ether oxygens (including phenoxy) is 1. The Morgan fingerprint density at radius 3 is 2.79 bits per heavy atom. The molecule has 0 amide bonds. The summed E-state index contributed by atoms with van der Waals surface area (Å²) in [5.41, 5.74) is 3.57. The van der Waals surface area contributed by atoms with Gasteiger partial charge in [-0.1, -0.05) is 0 Å². The van der Waals surface area contributed by atoms with E-state index in [1.807, 2.05) is 4.68 Å². The lowest BCUT2D eigenvalue weighted by Gasteiger charge is -2.30. The number of nitrogens with zero attached hydrogens (tertiary/aromatic N) is 7. The van der Waals surface area contributed by atoms with Crippen molar-refractivity contribution in [3.63, 3.8) is 0 Å². The van der Waals surface area contributed by atoms with Crippen molar-refractivity contribution >= 4 is 5.69 Å². The van der Waals surface area contributed by atoms with Crippen LogP contribution in [0.4, 0.5) is 5.69 Å². The van der Waals surface area contributed by atoms with E-state index in [1.54, 1.807) is 6.33 Å². The summed E-state index contributed by atoms with van der Waals surface area (Å²) >= 11 is 0. The Bertz CT molecular complexity index is 1220. The number of anilines is 1. The highest BCUT2D eigenvalue weighted by Gasteiger charge is 2.62. The molecule has 8 nitrogen and oxygen atoms in total. The van der Waals surface area contributed by atoms with E-state index in [4.69, 9.17) is 9.72 Å². The molecule has 1 spiro atoms. The van der Waals surface area contributed by atoms with Crippen molar-refractivity contribution in [2.45, 2.75) is 70.1 Å². The molecule has 2 atom stereocenters. The Hall–Kier alpha value is -2.87. The lowest BCUT2D eigenvalue weighted by molar-refractivity contribution is 0.301. The molecule has 2 saturated heterocycles. The van der Waals surface area contributed by atoms with E-state index < -0.39 is 0 Å². The van der Waals surface area contributed by atoms with Crippen molar-refractivity contribution in [2.75, 3.05) is 31.1 Å². The molecular formula is C26H33N7O. The molecule has 34 heavy (non-hydrogen) atoms. The zero-order valence-corrected chi connectivity index (χ0v) is 20.2. The van der Waals surface area contributed by atoms with Crippen LogP contribution in [-0.2, 0) is 6.54 Å². The van der Waals surface area contributed by atoms with Gasteiger partial charge in [0.2, 0.25) is 0 Å². The maximum Gasteiger partial charge on any atom is 0.178 e. The van der Waals surface area contributed by atoms with E-state index in [0.717, 1.165) is 47.8 Å². The smallest absolute Gasteiger partial charge is 0.178 e. The second-order valence-electron chi connectivity index (χ2n) is 10.6. The van der Waals surface area contributed by atoms with Crippen molar-refractivity contribution in [2.24, 2.45) is 0 Å². The number of fused-ring (bicyclic) bond motifs is 3. The van der Waals surface area contributed by atoms with E-state index in [9.17, 15) is 0 Å². The second-order valence-corrected chi connectivity index (χ2v) is 10.6. The third-order valence-electron chi connectivity index (χ3n) is 8.29. The molecule has 4 aliphatic rings. The highest BCUT2D eigenvalue weighted by molar-refractivity contribution is 5.73. The Labute approximate surface area is 200 Å². The van der Waals surface area contributed by atoms with Crippen molar-refractivity contribution in [1.29, 1.82) is 0 Å². The monoisotopic (exact) mass is 459 g/mol. The summed E-state index contributed by atoms with van der Waals surface area (Å²) in [5, 5.41) is 4.39. The van der Waals surface area contributed by atoms with Crippen LogP contribution in [0.5, 0.6) is 5.75 Å². The number of imidazole rings is 1. The lowest BCUT2D eigenvalue weighted by Crippen LogP contribution is -2.39. The minimum Gasteiger partial charge on any atom is -0.491 e. The van der Waals surface area contributed by atoms with Crippen molar-refractivity contribution in [3.05, 3.63) is 30.7 Å². The molecule has 3 aliphatic heterocycles. The van der Waals surface area contributed by atoms with Gasteiger partial charge in [-0.3, -0.25) is 4.90 Å². The quantitative estimate of drug-likeness (QED) is 0.588. The molecule has 3 fully saturated rings. The first-order valence-corrected chi connectivity index (χ1v) is 12.9. The number of aromatic nitrogens is 5. The zero-order valence-electron chi connectivity index (χ0n) is 20.2. The summed E-state index contributed by atoms with van der Waals surface area (Å²) in [4.78, 5) is 14.9. The van der Waals surface area contributed by atoms with Gasteiger partial charge in [-0.15, -0.1) is 0 Å². The van der Waals surface area contributed by atoms with Gasteiger partial charge in [0.25, 0.3) is 0 Å². The molecule has 1 aromatic carbocycles. The minimum absolute atomic E-state index is 0.233. The average molecular weight is 460 g/mol. The van der Waals surface area contributed by atoms with Gasteiger partial charge in [0.05, 0.1) is 17.6 Å². The summed E-state index contributed by atoms with van der Waals surface area (Å²) in [6, 6.07) is 7.73. The van der Waals surface area contributed by atoms with Gasteiger partial charge in [-0.25, -0.2) is 14.6 Å². The van der Waals surface area contributed by atoms with Gasteiger partial charge >= 0.3 is 0 Å². The summed E-state index contributed by atoms with van der Waals surface area (Å²) < 4.78 is 10.4. The molecule has 2 unspecified atom stereocenters. The Balaban J connectivity index is 1.22. The molecular weight excluding hydrogens is 426 g/mol. The first-order valence-electron chi connectivity index (χ1n) is 12.9. The molecule has 0 radical (unpaired) electrons. The second kappa shape index (κ2) is 7.57. The van der Waals surface area contributed by atoms with Crippen LogP contribution in [0.2, 0.25) is 0 Å². The third-order valence-corrected chi connectivity index (χ3v) is 8.29. The average Bonchev–Trinajstić information content (AvgIpc) is 3.38. The van der Waals surface area contributed by atoms with E-state index in [2.05, 4.69) is 62.7 Å². The largest absolute Gasteiger partial charge is 0.491 e. The molecule has 8 heteroatoms. The van der Waals surface area contributed by atoms with Crippen LogP contribution >= 0.6 is 0 Å². The van der Waals surface area contributed by atoms with Crippen LogP contribution in [0.1, 0.15) is 52.0 Å². The fourth-order valence-electron chi connectivity index (χ4n) is 6.60. The third kappa shape index (κ3) is 3.04. The summed E-state index contributed by atoms with van der Waals surface area (Å²) in [6.45, 7) is 9.34. The molecule has 7 rings (SSSR count). The Kier molecular flexibility index (Phi) is 4.56. The first-order chi connectivity index (χ1) is 16.6. The van der Waals surface area contributed by atoms with Gasteiger partial charge in [-0.2, -0.15) is 5.10 Å². The topological polar surface area (TPSA) is 64.2 Å². The fraction of sp³-hybridized carbons (Fsp3) is 0.577.